The molecule has 0 heterocycles. The highest BCUT2D eigenvalue weighted by molar-refractivity contribution is 6.00. The number of nitro groups is 1. The maximum Gasteiger partial charge on any atom is 0.270 e. The van der Waals surface area contributed by atoms with E-state index in [1.807, 2.05) is 30.3 Å². The van der Waals surface area contributed by atoms with Crippen LogP contribution in [-0.4, -0.2) is 16.9 Å². The third-order valence-corrected chi connectivity index (χ3v) is 4.72. The van der Waals surface area contributed by atoms with Crippen molar-refractivity contribution in [3.05, 3.63) is 69.8 Å². The maximum atomic E-state index is 12.7. The topological polar surface area (TPSA) is 84.3 Å². The van der Waals surface area contributed by atoms with Gasteiger partial charge in [-0.25, -0.2) is 0 Å². The maximum absolute atomic E-state index is 12.7. The Morgan fingerprint density at radius 2 is 1.81 bits per heavy atom. The molecule has 2 aromatic carbocycles. The molecule has 1 amide bonds. The molecule has 6 nitrogen and oxygen atoms in total. The van der Waals surface area contributed by atoms with Gasteiger partial charge in [0, 0.05) is 30.4 Å². The molecular weight excluding hydrogens is 330 g/mol. The SMILES string of the molecule is O=C(NC1CCCCC1)c1cc([N+](=O)[O-])ccc1NCc1ccccc1. The number of nitrogens with zero attached hydrogens (tertiary/aromatic N) is 1. The number of benzene rings is 2. The fraction of sp³-hybridized carbons (Fsp3) is 0.350. The van der Waals surface area contributed by atoms with Crippen LogP contribution >= 0.6 is 0 Å². The van der Waals surface area contributed by atoms with Crippen LogP contribution in [0.3, 0.4) is 0 Å². The first-order chi connectivity index (χ1) is 12.6. The van der Waals surface area contributed by atoms with E-state index in [2.05, 4.69) is 10.6 Å². The van der Waals surface area contributed by atoms with Gasteiger partial charge < -0.3 is 10.6 Å². The second-order valence-corrected chi connectivity index (χ2v) is 6.63. The first-order valence-electron chi connectivity index (χ1n) is 9.00. The van der Waals surface area contributed by atoms with E-state index in [-0.39, 0.29) is 17.6 Å². The van der Waals surface area contributed by atoms with Crippen LogP contribution in [0.5, 0.6) is 0 Å². The summed E-state index contributed by atoms with van der Waals surface area (Å²) in [6.07, 6.45) is 5.35. The van der Waals surface area contributed by atoms with E-state index >= 15 is 0 Å². The molecule has 0 saturated heterocycles. The lowest BCUT2D eigenvalue weighted by atomic mass is 9.95. The molecule has 1 aliphatic rings. The van der Waals surface area contributed by atoms with Crippen LogP contribution in [0.15, 0.2) is 48.5 Å². The van der Waals surface area contributed by atoms with Gasteiger partial charge in [0.15, 0.2) is 0 Å². The van der Waals surface area contributed by atoms with E-state index in [0.717, 1.165) is 31.2 Å². The first-order valence-corrected chi connectivity index (χ1v) is 9.00. The third kappa shape index (κ3) is 4.59. The Labute approximate surface area is 152 Å². The molecule has 0 radical (unpaired) electrons. The molecule has 26 heavy (non-hydrogen) atoms. The summed E-state index contributed by atoms with van der Waals surface area (Å²) in [5, 5.41) is 17.4. The van der Waals surface area contributed by atoms with Crippen molar-refractivity contribution in [1.82, 2.24) is 5.32 Å². The van der Waals surface area contributed by atoms with Crippen LogP contribution in [0.4, 0.5) is 11.4 Å². The lowest BCUT2D eigenvalue weighted by molar-refractivity contribution is -0.384. The third-order valence-electron chi connectivity index (χ3n) is 4.72. The van der Waals surface area contributed by atoms with Gasteiger partial charge in [-0.05, 0) is 24.5 Å². The first kappa shape index (κ1) is 17.9. The van der Waals surface area contributed by atoms with Crippen LogP contribution in [-0.2, 0) is 6.54 Å². The van der Waals surface area contributed by atoms with Crippen LogP contribution in [0.25, 0.3) is 0 Å². The zero-order valence-corrected chi connectivity index (χ0v) is 14.6. The van der Waals surface area contributed by atoms with Crippen molar-refractivity contribution in [3.8, 4) is 0 Å². The second-order valence-electron chi connectivity index (χ2n) is 6.63. The van der Waals surface area contributed by atoms with Crippen LogP contribution in [0.1, 0.15) is 48.0 Å². The molecule has 0 aliphatic heterocycles. The molecule has 0 aromatic heterocycles. The van der Waals surface area contributed by atoms with E-state index in [0.29, 0.717) is 17.8 Å². The fourth-order valence-electron chi connectivity index (χ4n) is 3.29. The number of hydrogen-bond acceptors (Lipinski definition) is 4. The van der Waals surface area contributed by atoms with Gasteiger partial charge in [0.2, 0.25) is 0 Å². The van der Waals surface area contributed by atoms with E-state index < -0.39 is 4.92 Å². The molecule has 1 aliphatic carbocycles. The fourth-order valence-corrected chi connectivity index (χ4v) is 3.29. The molecule has 6 heteroatoms. The van der Waals surface area contributed by atoms with E-state index in [1.165, 1.54) is 18.6 Å². The predicted molar refractivity (Wildman–Crippen MR) is 101 cm³/mol. The highest BCUT2D eigenvalue weighted by Crippen LogP contribution is 2.24. The molecule has 1 saturated carbocycles. The average molecular weight is 353 g/mol. The molecule has 2 N–H and O–H groups in total. The number of hydrogen-bond donors (Lipinski definition) is 2. The summed E-state index contributed by atoms with van der Waals surface area (Å²) in [5.41, 5.74) is 1.92. The van der Waals surface area contributed by atoms with Crippen molar-refractivity contribution in [1.29, 1.82) is 0 Å². The molecule has 0 spiro atoms. The molecule has 0 atom stereocenters. The van der Waals surface area contributed by atoms with Gasteiger partial charge in [0.1, 0.15) is 0 Å². The monoisotopic (exact) mass is 353 g/mol. The van der Waals surface area contributed by atoms with Crippen LogP contribution in [0, 0.1) is 10.1 Å². The van der Waals surface area contributed by atoms with Gasteiger partial charge in [-0.1, -0.05) is 49.6 Å². The summed E-state index contributed by atoms with van der Waals surface area (Å²) >= 11 is 0. The number of carbonyl (C=O) groups is 1. The van der Waals surface area contributed by atoms with E-state index in [4.69, 9.17) is 0 Å². The average Bonchev–Trinajstić information content (AvgIpc) is 2.67. The number of non-ortho nitro benzene ring substituents is 1. The molecule has 3 rings (SSSR count). The molecule has 136 valence electrons. The molecule has 2 aromatic rings. The predicted octanol–water partition coefficient (Wildman–Crippen LogP) is 4.27. The summed E-state index contributed by atoms with van der Waals surface area (Å²) < 4.78 is 0. The van der Waals surface area contributed by atoms with Gasteiger partial charge in [0.05, 0.1) is 10.5 Å². The normalized spacial score (nSPS) is 14.6. The number of rotatable bonds is 6. The Hall–Kier alpha value is -2.89. The minimum Gasteiger partial charge on any atom is -0.380 e. The van der Waals surface area contributed by atoms with Gasteiger partial charge in [-0.15, -0.1) is 0 Å². The minimum atomic E-state index is -0.474. The number of anilines is 1. The smallest absolute Gasteiger partial charge is 0.270 e. The Bertz CT molecular complexity index is 771. The van der Waals surface area contributed by atoms with Crippen LogP contribution < -0.4 is 10.6 Å². The van der Waals surface area contributed by atoms with E-state index in [1.54, 1.807) is 6.07 Å². The van der Waals surface area contributed by atoms with Crippen molar-refractivity contribution in [2.24, 2.45) is 0 Å². The minimum absolute atomic E-state index is 0.0796. The standard InChI is InChI=1S/C20H23N3O3/c24-20(22-16-9-5-2-6-10-16)18-13-17(23(25)26)11-12-19(18)21-14-15-7-3-1-4-8-15/h1,3-4,7-8,11-13,16,21H,2,5-6,9-10,14H2,(H,22,24). The zero-order valence-electron chi connectivity index (χ0n) is 14.6. The molecular formula is C20H23N3O3. The lowest BCUT2D eigenvalue weighted by Gasteiger charge is -2.23. The van der Waals surface area contributed by atoms with Gasteiger partial charge in [-0.2, -0.15) is 0 Å². The molecule has 0 unspecified atom stereocenters. The number of nitrogens with one attached hydrogen (secondary N) is 2. The number of amides is 1. The Kier molecular flexibility index (Phi) is 5.84. The highest BCUT2D eigenvalue weighted by atomic mass is 16.6. The second kappa shape index (κ2) is 8.47. The van der Waals surface area contributed by atoms with Crippen molar-refractivity contribution in [2.45, 2.75) is 44.7 Å². The van der Waals surface area contributed by atoms with Gasteiger partial charge >= 0.3 is 0 Å². The van der Waals surface area contributed by atoms with Gasteiger partial charge in [-0.3, -0.25) is 14.9 Å². The van der Waals surface area contributed by atoms with Crippen LogP contribution in [0.2, 0.25) is 0 Å². The summed E-state index contributed by atoms with van der Waals surface area (Å²) in [6.45, 7) is 0.544. The largest absolute Gasteiger partial charge is 0.380 e. The Balaban J connectivity index is 1.78. The number of carbonyl (C=O) groups excluding carboxylic acids is 1. The summed E-state index contributed by atoms with van der Waals surface area (Å²) in [7, 11) is 0. The highest BCUT2D eigenvalue weighted by Gasteiger charge is 2.21. The number of nitro benzene ring substituents is 1. The molecule has 1 fully saturated rings. The Morgan fingerprint density at radius 3 is 2.50 bits per heavy atom. The van der Waals surface area contributed by atoms with E-state index in [9.17, 15) is 14.9 Å². The van der Waals surface area contributed by atoms with Crippen molar-refractivity contribution >= 4 is 17.3 Å². The van der Waals surface area contributed by atoms with Gasteiger partial charge in [0.25, 0.3) is 11.6 Å². The summed E-state index contributed by atoms with van der Waals surface area (Å²) in [6, 6.07) is 14.3. The van der Waals surface area contributed by atoms with Crippen molar-refractivity contribution in [3.63, 3.8) is 0 Å². The Morgan fingerprint density at radius 1 is 1.08 bits per heavy atom. The lowest BCUT2D eigenvalue weighted by Crippen LogP contribution is -2.36. The van der Waals surface area contributed by atoms with Crippen molar-refractivity contribution < 1.29 is 9.72 Å². The molecule has 0 bridgehead atoms. The summed E-state index contributed by atoms with van der Waals surface area (Å²) in [5.74, 6) is -0.254. The zero-order chi connectivity index (χ0) is 18.4. The van der Waals surface area contributed by atoms with Crippen molar-refractivity contribution in [2.75, 3.05) is 5.32 Å². The quantitative estimate of drug-likeness (QED) is 0.600. The summed E-state index contributed by atoms with van der Waals surface area (Å²) in [4.78, 5) is 23.4.